The molecule has 1 atom stereocenters. The van der Waals surface area contributed by atoms with Crippen LogP contribution in [0.15, 0.2) is 24.3 Å². The molecule has 1 amide bonds. The molecule has 0 bridgehead atoms. The molecule has 1 fully saturated rings. The Morgan fingerprint density at radius 1 is 1.33 bits per heavy atom. The number of methoxy groups -OCH3 is 1. The highest BCUT2D eigenvalue weighted by Gasteiger charge is 2.45. The molecule has 138 valence electrons. The van der Waals surface area contributed by atoms with Crippen LogP contribution < -0.4 is 15.8 Å². The third kappa shape index (κ3) is 5.52. The van der Waals surface area contributed by atoms with Crippen LogP contribution in [0.25, 0.3) is 0 Å². The molecule has 0 spiro atoms. The summed E-state index contributed by atoms with van der Waals surface area (Å²) >= 11 is 0. The Kier molecular flexibility index (Phi) is 9.66. The van der Waals surface area contributed by atoms with Gasteiger partial charge in [-0.1, -0.05) is 26.0 Å². The Bertz CT molecular complexity index is 520. The molecule has 1 aromatic carbocycles. The maximum atomic E-state index is 12.1. The van der Waals surface area contributed by atoms with E-state index in [-0.39, 0.29) is 36.8 Å². The second-order valence-corrected chi connectivity index (χ2v) is 5.88. The first-order valence-electron chi connectivity index (χ1n) is 7.99. The number of nitrogens with two attached hydrogens (primary N) is 1. The van der Waals surface area contributed by atoms with Crippen molar-refractivity contribution in [2.45, 2.75) is 38.3 Å². The summed E-state index contributed by atoms with van der Waals surface area (Å²) in [6, 6.07) is 8.15. The van der Waals surface area contributed by atoms with E-state index in [1.54, 1.807) is 7.11 Å². The topological polar surface area (TPSA) is 67.6 Å². The number of hydrogen-bond acceptors (Lipinski definition) is 4. The number of carbonyl (C=O) groups excluding carboxylic acids is 1. The molecular formula is C17H29Cl2N3O2. The molecule has 1 unspecified atom stereocenters. The normalized spacial score (nSPS) is 15.7. The largest absolute Gasteiger partial charge is 0.497 e. The van der Waals surface area contributed by atoms with Gasteiger partial charge in [0, 0.05) is 6.54 Å². The molecule has 0 radical (unpaired) electrons. The number of nitrogens with one attached hydrogen (secondary N) is 1. The number of hydrogen-bond donors (Lipinski definition) is 2. The Morgan fingerprint density at radius 2 is 1.96 bits per heavy atom. The number of carbonyl (C=O) groups is 1. The summed E-state index contributed by atoms with van der Waals surface area (Å²) in [7, 11) is 1.67. The summed E-state index contributed by atoms with van der Waals surface area (Å²) in [4.78, 5) is 14.4. The molecular weight excluding hydrogens is 349 g/mol. The van der Waals surface area contributed by atoms with Gasteiger partial charge in [-0.05, 0) is 43.6 Å². The van der Waals surface area contributed by atoms with Gasteiger partial charge in [0.05, 0.1) is 18.7 Å². The van der Waals surface area contributed by atoms with Crippen LogP contribution in [-0.2, 0) is 4.79 Å². The third-order valence-electron chi connectivity index (χ3n) is 4.43. The highest BCUT2D eigenvalue weighted by molar-refractivity contribution is 5.89. The second kappa shape index (κ2) is 10.1. The van der Waals surface area contributed by atoms with E-state index in [4.69, 9.17) is 10.5 Å². The predicted octanol–water partition coefficient (Wildman–Crippen LogP) is 2.53. The van der Waals surface area contributed by atoms with E-state index in [9.17, 15) is 4.79 Å². The number of amides is 1. The maximum absolute atomic E-state index is 12.1. The van der Waals surface area contributed by atoms with Crippen molar-refractivity contribution < 1.29 is 9.53 Å². The van der Waals surface area contributed by atoms with E-state index in [0.717, 1.165) is 37.2 Å². The van der Waals surface area contributed by atoms with Crippen molar-refractivity contribution in [3.8, 4) is 5.75 Å². The van der Waals surface area contributed by atoms with Crippen LogP contribution >= 0.6 is 24.8 Å². The molecule has 1 saturated carbocycles. The summed E-state index contributed by atoms with van der Waals surface area (Å²) in [5.41, 5.74) is 6.48. The van der Waals surface area contributed by atoms with Crippen LogP contribution in [0.2, 0.25) is 0 Å². The molecule has 1 aromatic rings. The molecule has 3 N–H and O–H groups in total. The van der Waals surface area contributed by atoms with E-state index < -0.39 is 5.54 Å². The third-order valence-corrected chi connectivity index (χ3v) is 4.43. The average Bonchev–Trinajstić information content (AvgIpc) is 3.30. The average molecular weight is 378 g/mol. The van der Waals surface area contributed by atoms with Crippen molar-refractivity contribution in [2.75, 3.05) is 26.7 Å². The molecule has 0 heterocycles. The van der Waals surface area contributed by atoms with Crippen LogP contribution in [-0.4, -0.2) is 43.1 Å². The van der Waals surface area contributed by atoms with Crippen LogP contribution in [0, 0.1) is 0 Å². The van der Waals surface area contributed by atoms with Gasteiger partial charge < -0.3 is 15.8 Å². The number of halogens is 2. The van der Waals surface area contributed by atoms with Gasteiger partial charge in [0.1, 0.15) is 5.75 Å². The second-order valence-electron chi connectivity index (χ2n) is 5.88. The zero-order valence-corrected chi connectivity index (χ0v) is 16.2. The fourth-order valence-electron chi connectivity index (χ4n) is 2.70. The molecule has 0 aliphatic heterocycles. The summed E-state index contributed by atoms with van der Waals surface area (Å²) in [5, 5.41) is 3.02. The minimum Gasteiger partial charge on any atom is -0.497 e. The summed E-state index contributed by atoms with van der Waals surface area (Å²) in [6.07, 6.45) is 1.57. The van der Waals surface area contributed by atoms with Gasteiger partial charge in [-0.2, -0.15) is 0 Å². The molecule has 1 aliphatic rings. The van der Waals surface area contributed by atoms with Crippen LogP contribution in [0.1, 0.15) is 38.3 Å². The van der Waals surface area contributed by atoms with Crippen LogP contribution in [0.3, 0.4) is 0 Å². The van der Waals surface area contributed by atoms with E-state index in [0.29, 0.717) is 6.54 Å². The first kappa shape index (κ1) is 23.0. The van der Waals surface area contributed by atoms with Crippen molar-refractivity contribution >= 4 is 30.7 Å². The van der Waals surface area contributed by atoms with Crippen molar-refractivity contribution in [1.82, 2.24) is 10.2 Å². The Labute approximate surface area is 157 Å². The fraction of sp³-hybridized carbons (Fsp3) is 0.588. The lowest BCUT2D eigenvalue weighted by Crippen LogP contribution is -2.46. The summed E-state index contributed by atoms with van der Waals surface area (Å²) < 4.78 is 5.32. The van der Waals surface area contributed by atoms with E-state index in [1.807, 2.05) is 18.2 Å². The zero-order valence-electron chi connectivity index (χ0n) is 14.6. The minimum absolute atomic E-state index is 0. The van der Waals surface area contributed by atoms with Gasteiger partial charge in [0.25, 0.3) is 0 Å². The molecule has 2 rings (SSSR count). The predicted molar refractivity (Wildman–Crippen MR) is 102 cm³/mol. The number of nitrogens with zero attached hydrogens (tertiary/aromatic N) is 1. The van der Waals surface area contributed by atoms with Gasteiger partial charge in [-0.15, -0.1) is 24.8 Å². The van der Waals surface area contributed by atoms with Gasteiger partial charge >= 0.3 is 0 Å². The molecule has 0 saturated heterocycles. The van der Waals surface area contributed by atoms with Crippen LogP contribution in [0.5, 0.6) is 5.75 Å². The van der Waals surface area contributed by atoms with Crippen molar-refractivity contribution in [2.24, 2.45) is 5.73 Å². The van der Waals surface area contributed by atoms with Crippen molar-refractivity contribution in [3.05, 3.63) is 29.8 Å². The highest BCUT2D eigenvalue weighted by Crippen LogP contribution is 2.32. The Hall–Kier alpha value is -1.01. The van der Waals surface area contributed by atoms with E-state index >= 15 is 0 Å². The van der Waals surface area contributed by atoms with Crippen molar-refractivity contribution in [1.29, 1.82) is 0 Å². The highest BCUT2D eigenvalue weighted by atomic mass is 35.5. The van der Waals surface area contributed by atoms with E-state index in [2.05, 4.69) is 30.1 Å². The van der Waals surface area contributed by atoms with Gasteiger partial charge in [-0.3, -0.25) is 9.69 Å². The summed E-state index contributed by atoms with van der Waals surface area (Å²) in [5.74, 6) is 0.797. The van der Waals surface area contributed by atoms with Gasteiger partial charge in [-0.25, -0.2) is 0 Å². The Morgan fingerprint density at radius 3 is 2.46 bits per heavy atom. The van der Waals surface area contributed by atoms with Crippen molar-refractivity contribution in [3.63, 3.8) is 0 Å². The van der Waals surface area contributed by atoms with E-state index in [1.165, 1.54) is 0 Å². The minimum atomic E-state index is -0.623. The molecule has 5 nitrogen and oxygen atoms in total. The zero-order chi connectivity index (χ0) is 16.2. The number of benzene rings is 1. The Balaban J connectivity index is 0.00000264. The van der Waals surface area contributed by atoms with Gasteiger partial charge in [0.2, 0.25) is 5.91 Å². The molecule has 24 heavy (non-hydrogen) atoms. The SMILES string of the molecule is CCN(CC)C(CNC(=O)C1(N)CC1)c1cccc(OC)c1.Cl.Cl. The lowest BCUT2D eigenvalue weighted by molar-refractivity contribution is -0.123. The first-order valence-corrected chi connectivity index (χ1v) is 7.99. The lowest BCUT2D eigenvalue weighted by Gasteiger charge is -2.30. The standard InChI is InChI=1S/C17H27N3O2.2ClH/c1-4-20(5-2)15(12-19-16(21)17(18)9-10-17)13-7-6-8-14(11-13)22-3;;/h6-8,11,15H,4-5,9-10,12,18H2,1-3H3,(H,19,21);2*1H. The first-order chi connectivity index (χ1) is 10.5. The quantitative estimate of drug-likeness (QED) is 0.730. The molecule has 7 heteroatoms. The molecule has 1 aliphatic carbocycles. The number of ether oxygens (including phenoxy) is 1. The smallest absolute Gasteiger partial charge is 0.240 e. The summed E-state index contributed by atoms with van der Waals surface area (Å²) in [6.45, 7) is 6.66. The van der Waals surface area contributed by atoms with Gasteiger partial charge in [0.15, 0.2) is 0 Å². The number of rotatable bonds is 8. The molecule has 0 aromatic heterocycles. The lowest BCUT2D eigenvalue weighted by atomic mass is 10.0. The monoisotopic (exact) mass is 377 g/mol. The maximum Gasteiger partial charge on any atom is 0.240 e. The fourth-order valence-corrected chi connectivity index (χ4v) is 2.70. The van der Waals surface area contributed by atoms with Crippen LogP contribution in [0.4, 0.5) is 0 Å². The number of likely N-dealkylation sites (N-methyl/N-ethyl adjacent to an activating group) is 1.